The van der Waals surface area contributed by atoms with Crippen molar-refractivity contribution in [3.8, 4) is 5.75 Å². The van der Waals surface area contributed by atoms with Gasteiger partial charge >= 0.3 is 5.97 Å². The third-order valence-electron chi connectivity index (χ3n) is 4.34. The molecular formula is C23H32N2O4. The normalized spacial score (nSPS) is 12.2. The molecule has 2 rings (SSSR count). The molecule has 0 fully saturated rings. The molecule has 6 heteroatoms. The average Bonchev–Trinajstić information content (AvgIpc) is 2.68. The molecule has 0 bridgehead atoms. The Morgan fingerprint density at radius 1 is 0.966 bits per heavy atom. The maximum Gasteiger partial charge on any atom is 0.320 e. The van der Waals surface area contributed by atoms with Gasteiger partial charge in [0.05, 0.1) is 13.2 Å². The van der Waals surface area contributed by atoms with Gasteiger partial charge < -0.3 is 14.6 Å². The molecule has 0 spiro atoms. The van der Waals surface area contributed by atoms with E-state index in [1.807, 2.05) is 61.5 Å². The SMILES string of the molecule is CCOC(=O)CN(C)Cc1ccc(OCC(O)CN(C)Cc2ccccc2)cc1. The van der Waals surface area contributed by atoms with Crippen LogP contribution in [0.3, 0.4) is 0 Å². The number of carbonyl (C=O) groups excluding carboxylic acids is 1. The van der Waals surface area contributed by atoms with Crippen molar-refractivity contribution in [1.29, 1.82) is 0 Å². The zero-order valence-electron chi connectivity index (χ0n) is 17.6. The summed E-state index contributed by atoms with van der Waals surface area (Å²) in [5, 5.41) is 10.2. The van der Waals surface area contributed by atoms with Crippen molar-refractivity contribution in [2.24, 2.45) is 0 Å². The molecule has 0 amide bonds. The number of hydrogen-bond donors (Lipinski definition) is 1. The molecule has 0 aliphatic carbocycles. The minimum absolute atomic E-state index is 0.221. The average molecular weight is 401 g/mol. The zero-order valence-corrected chi connectivity index (χ0v) is 17.6. The Kier molecular flexibility index (Phi) is 9.64. The minimum atomic E-state index is -0.570. The molecule has 0 aliphatic rings. The van der Waals surface area contributed by atoms with Crippen LogP contribution < -0.4 is 4.74 Å². The highest BCUT2D eigenvalue weighted by atomic mass is 16.5. The van der Waals surface area contributed by atoms with Gasteiger partial charge in [-0.2, -0.15) is 0 Å². The predicted molar refractivity (Wildman–Crippen MR) is 114 cm³/mol. The van der Waals surface area contributed by atoms with Crippen LogP contribution in [-0.2, 0) is 22.6 Å². The molecule has 6 nitrogen and oxygen atoms in total. The summed E-state index contributed by atoms with van der Waals surface area (Å²) in [5.41, 5.74) is 2.29. The number of rotatable bonds is 12. The van der Waals surface area contributed by atoms with Gasteiger partial charge in [-0.3, -0.25) is 14.6 Å². The molecule has 1 unspecified atom stereocenters. The summed E-state index contributed by atoms with van der Waals surface area (Å²) in [4.78, 5) is 15.5. The molecule has 0 aromatic heterocycles. The lowest BCUT2D eigenvalue weighted by molar-refractivity contribution is -0.144. The summed E-state index contributed by atoms with van der Waals surface area (Å²) >= 11 is 0. The highest BCUT2D eigenvalue weighted by Crippen LogP contribution is 2.14. The second-order valence-corrected chi connectivity index (χ2v) is 7.27. The van der Waals surface area contributed by atoms with Crippen LogP contribution in [-0.4, -0.2) is 67.4 Å². The van der Waals surface area contributed by atoms with E-state index in [-0.39, 0.29) is 19.1 Å². The third kappa shape index (κ3) is 9.09. The summed E-state index contributed by atoms with van der Waals surface area (Å²) < 4.78 is 10.7. The van der Waals surface area contributed by atoms with Crippen LogP contribution >= 0.6 is 0 Å². The zero-order chi connectivity index (χ0) is 21.1. The third-order valence-corrected chi connectivity index (χ3v) is 4.34. The highest BCUT2D eigenvalue weighted by molar-refractivity contribution is 5.71. The van der Waals surface area contributed by atoms with Crippen LogP contribution in [0.1, 0.15) is 18.1 Å². The van der Waals surface area contributed by atoms with E-state index in [1.54, 1.807) is 6.92 Å². The van der Waals surface area contributed by atoms with E-state index in [0.717, 1.165) is 12.1 Å². The van der Waals surface area contributed by atoms with E-state index in [9.17, 15) is 9.90 Å². The molecule has 2 aromatic carbocycles. The van der Waals surface area contributed by atoms with Gasteiger partial charge in [0.25, 0.3) is 0 Å². The van der Waals surface area contributed by atoms with Crippen LogP contribution in [0.15, 0.2) is 54.6 Å². The number of nitrogens with zero attached hydrogens (tertiary/aromatic N) is 2. The molecule has 158 valence electrons. The fourth-order valence-electron chi connectivity index (χ4n) is 3.05. The molecule has 0 saturated carbocycles. The molecular weight excluding hydrogens is 368 g/mol. The second kappa shape index (κ2) is 12.2. The Morgan fingerprint density at radius 2 is 1.59 bits per heavy atom. The standard InChI is InChI=1S/C23H32N2O4/c1-4-28-23(27)17-25(3)15-20-10-12-22(13-11-20)29-18-21(26)16-24(2)14-19-8-6-5-7-9-19/h5-13,21,26H,4,14-18H2,1-3H3. The van der Waals surface area contributed by atoms with Gasteiger partial charge in [-0.25, -0.2) is 0 Å². The Balaban J connectivity index is 1.71. The molecule has 0 saturated heterocycles. The first-order chi connectivity index (χ1) is 14.0. The summed E-state index contributed by atoms with van der Waals surface area (Å²) in [5.74, 6) is 0.493. The van der Waals surface area contributed by atoms with Crippen molar-refractivity contribution < 1.29 is 19.4 Å². The van der Waals surface area contributed by atoms with Crippen LogP contribution in [0.25, 0.3) is 0 Å². The molecule has 0 heterocycles. The van der Waals surface area contributed by atoms with Crippen molar-refractivity contribution >= 4 is 5.97 Å². The van der Waals surface area contributed by atoms with Crippen molar-refractivity contribution in [3.05, 3.63) is 65.7 Å². The van der Waals surface area contributed by atoms with Gasteiger partial charge in [-0.1, -0.05) is 42.5 Å². The predicted octanol–water partition coefficient (Wildman–Crippen LogP) is 2.55. The summed E-state index contributed by atoms with van der Waals surface area (Å²) in [6.07, 6.45) is -0.570. The van der Waals surface area contributed by atoms with E-state index in [1.165, 1.54) is 5.56 Å². The quantitative estimate of drug-likeness (QED) is 0.553. The Labute approximate surface area is 173 Å². The lowest BCUT2D eigenvalue weighted by Crippen LogP contribution is -2.32. The van der Waals surface area contributed by atoms with E-state index >= 15 is 0 Å². The first kappa shape index (κ1) is 22.9. The summed E-state index contributed by atoms with van der Waals surface area (Å²) in [7, 11) is 3.86. The summed E-state index contributed by atoms with van der Waals surface area (Å²) in [6, 6.07) is 17.9. The van der Waals surface area contributed by atoms with E-state index < -0.39 is 6.10 Å². The van der Waals surface area contributed by atoms with Crippen LogP contribution in [0.2, 0.25) is 0 Å². The molecule has 29 heavy (non-hydrogen) atoms. The minimum Gasteiger partial charge on any atom is -0.491 e. The van der Waals surface area contributed by atoms with Crippen LogP contribution in [0.5, 0.6) is 5.75 Å². The van der Waals surface area contributed by atoms with E-state index in [2.05, 4.69) is 17.0 Å². The van der Waals surface area contributed by atoms with Crippen molar-refractivity contribution in [2.75, 3.05) is 40.4 Å². The molecule has 1 N–H and O–H groups in total. The van der Waals surface area contributed by atoms with Crippen molar-refractivity contribution in [3.63, 3.8) is 0 Å². The number of esters is 1. The Hall–Kier alpha value is -2.41. The number of hydrogen-bond acceptors (Lipinski definition) is 6. The van der Waals surface area contributed by atoms with Crippen LogP contribution in [0, 0.1) is 0 Å². The number of aliphatic hydroxyl groups is 1. The molecule has 0 radical (unpaired) electrons. The van der Waals surface area contributed by atoms with Gasteiger partial charge in [-0.15, -0.1) is 0 Å². The lowest BCUT2D eigenvalue weighted by atomic mass is 10.2. The summed E-state index contributed by atoms with van der Waals surface area (Å²) in [6.45, 7) is 4.65. The van der Waals surface area contributed by atoms with Gasteiger partial charge in [-0.05, 0) is 44.3 Å². The van der Waals surface area contributed by atoms with Gasteiger partial charge in [0.2, 0.25) is 0 Å². The number of likely N-dealkylation sites (N-methyl/N-ethyl adjacent to an activating group) is 2. The van der Waals surface area contributed by atoms with E-state index in [4.69, 9.17) is 9.47 Å². The monoisotopic (exact) mass is 400 g/mol. The Bertz CT molecular complexity index is 721. The number of carbonyl (C=O) groups is 1. The van der Waals surface area contributed by atoms with Gasteiger partial charge in [0, 0.05) is 19.6 Å². The van der Waals surface area contributed by atoms with E-state index in [0.29, 0.717) is 25.4 Å². The van der Waals surface area contributed by atoms with Gasteiger partial charge in [0.15, 0.2) is 0 Å². The highest BCUT2D eigenvalue weighted by Gasteiger charge is 2.11. The van der Waals surface area contributed by atoms with Crippen molar-refractivity contribution in [2.45, 2.75) is 26.1 Å². The van der Waals surface area contributed by atoms with Crippen molar-refractivity contribution in [1.82, 2.24) is 9.80 Å². The molecule has 1 atom stereocenters. The number of ether oxygens (including phenoxy) is 2. The van der Waals surface area contributed by atoms with Crippen LogP contribution in [0.4, 0.5) is 0 Å². The smallest absolute Gasteiger partial charge is 0.320 e. The molecule has 2 aromatic rings. The second-order valence-electron chi connectivity index (χ2n) is 7.27. The lowest BCUT2D eigenvalue weighted by Gasteiger charge is -2.21. The topological polar surface area (TPSA) is 62.2 Å². The fraction of sp³-hybridized carbons (Fsp3) is 0.435. The number of benzene rings is 2. The fourth-order valence-corrected chi connectivity index (χ4v) is 3.05. The maximum atomic E-state index is 11.5. The molecule has 0 aliphatic heterocycles. The largest absolute Gasteiger partial charge is 0.491 e. The first-order valence-electron chi connectivity index (χ1n) is 9.92. The number of aliphatic hydroxyl groups excluding tert-OH is 1. The first-order valence-corrected chi connectivity index (χ1v) is 9.92. The Morgan fingerprint density at radius 3 is 2.24 bits per heavy atom. The van der Waals surface area contributed by atoms with Gasteiger partial charge in [0.1, 0.15) is 18.5 Å². The maximum absolute atomic E-state index is 11.5.